The fourth-order valence-corrected chi connectivity index (χ4v) is 4.14. The highest BCUT2D eigenvalue weighted by Gasteiger charge is 2.15. The highest BCUT2D eigenvalue weighted by atomic mass is 35.5. The molecule has 1 aromatic heterocycles. The van der Waals surface area contributed by atoms with Crippen molar-refractivity contribution in [2.75, 3.05) is 23.9 Å². The SMILES string of the molecule is COc1ccc(N(CC(=O)Nc2c(C)cc(C)cc2Cl)Cc2cccs2)cc1. The number of hydrogen-bond donors (Lipinski definition) is 1. The van der Waals surface area contributed by atoms with E-state index in [-0.39, 0.29) is 12.5 Å². The molecule has 3 rings (SSSR count). The largest absolute Gasteiger partial charge is 0.497 e. The van der Waals surface area contributed by atoms with E-state index in [0.29, 0.717) is 17.3 Å². The maximum Gasteiger partial charge on any atom is 0.243 e. The molecule has 1 amide bonds. The lowest BCUT2D eigenvalue weighted by Gasteiger charge is -2.24. The summed E-state index contributed by atoms with van der Waals surface area (Å²) in [7, 11) is 1.64. The summed E-state index contributed by atoms with van der Waals surface area (Å²) in [5.41, 5.74) is 3.64. The van der Waals surface area contributed by atoms with Crippen molar-refractivity contribution in [3.05, 3.63) is 74.9 Å². The summed E-state index contributed by atoms with van der Waals surface area (Å²) < 4.78 is 5.24. The molecule has 6 heteroatoms. The topological polar surface area (TPSA) is 41.6 Å². The minimum atomic E-state index is -0.110. The Bertz CT molecular complexity index is 917. The van der Waals surface area contributed by atoms with Crippen molar-refractivity contribution in [2.45, 2.75) is 20.4 Å². The summed E-state index contributed by atoms with van der Waals surface area (Å²) in [5, 5.41) is 5.57. The summed E-state index contributed by atoms with van der Waals surface area (Å²) in [6.45, 7) is 4.80. The smallest absolute Gasteiger partial charge is 0.243 e. The first-order valence-electron chi connectivity index (χ1n) is 8.94. The van der Waals surface area contributed by atoms with Gasteiger partial charge < -0.3 is 15.0 Å². The third-order valence-corrected chi connectivity index (χ3v) is 5.55. The van der Waals surface area contributed by atoms with Gasteiger partial charge in [-0.2, -0.15) is 0 Å². The number of rotatable bonds is 7. The molecule has 0 unspecified atom stereocenters. The second kappa shape index (κ2) is 9.13. The third kappa shape index (κ3) is 5.06. The van der Waals surface area contributed by atoms with Gasteiger partial charge in [0.15, 0.2) is 0 Å². The zero-order valence-corrected chi connectivity index (χ0v) is 17.7. The number of aryl methyl sites for hydroxylation is 2. The van der Waals surface area contributed by atoms with E-state index in [0.717, 1.165) is 22.6 Å². The van der Waals surface area contributed by atoms with Crippen LogP contribution in [0.2, 0.25) is 5.02 Å². The average molecular weight is 415 g/mol. The first kappa shape index (κ1) is 20.2. The van der Waals surface area contributed by atoms with Crippen LogP contribution in [0.1, 0.15) is 16.0 Å². The standard InChI is InChI=1S/C22H23ClN2O2S/c1-15-11-16(2)22(20(23)12-15)24-21(26)14-25(13-19-5-4-10-28-19)17-6-8-18(27-3)9-7-17/h4-12H,13-14H2,1-3H3,(H,24,26). The van der Waals surface area contributed by atoms with E-state index < -0.39 is 0 Å². The van der Waals surface area contributed by atoms with Crippen molar-refractivity contribution < 1.29 is 9.53 Å². The molecule has 0 aliphatic carbocycles. The summed E-state index contributed by atoms with van der Waals surface area (Å²) in [6, 6.07) is 15.7. The molecule has 1 heterocycles. The van der Waals surface area contributed by atoms with Crippen molar-refractivity contribution in [1.82, 2.24) is 0 Å². The minimum Gasteiger partial charge on any atom is -0.497 e. The maximum atomic E-state index is 12.8. The number of benzene rings is 2. The van der Waals surface area contributed by atoms with Gasteiger partial charge in [0.1, 0.15) is 5.75 Å². The minimum absolute atomic E-state index is 0.110. The zero-order chi connectivity index (χ0) is 20.1. The molecule has 0 fully saturated rings. The van der Waals surface area contributed by atoms with Crippen molar-refractivity contribution >= 4 is 40.2 Å². The molecule has 1 N–H and O–H groups in total. The van der Waals surface area contributed by atoms with Gasteiger partial charge in [0.05, 0.1) is 30.9 Å². The van der Waals surface area contributed by atoms with Crippen molar-refractivity contribution in [1.29, 1.82) is 0 Å². The average Bonchev–Trinajstić information content (AvgIpc) is 3.17. The number of hydrogen-bond acceptors (Lipinski definition) is 4. The first-order chi connectivity index (χ1) is 13.5. The van der Waals surface area contributed by atoms with Crippen LogP contribution in [0, 0.1) is 13.8 Å². The highest BCUT2D eigenvalue weighted by Crippen LogP contribution is 2.28. The van der Waals surface area contributed by atoms with Gasteiger partial charge >= 0.3 is 0 Å². The van der Waals surface area contributed by atoms with Crippen molar-refractivity contribution in [2.24, 2.45) is 0 Å². The molecule has 0 aliphatic rings. The summed E-state index contributed by atoms with van der Waals surface area (Å²) in [4.78, 5) is 16.0. The molecule has 0 saturated heterocycles. The highest BCUT2D eigenvalue weighted by molar-refractivity contribution is 7.09. The van der Waals surface area contributed by atoms with Crippen LogP contribution in [0.25, 0.3) is 0 Å². The second-order valence-electron chi connectivity index (χ2n) is 6.62. The van der Waals surface area contributed by atoms with E-state index in [1.165, 1.54) is 4.88 Å². The number of nitrogens with zero attached hydrogens (tertiary/aromatic N) is 1. The Morgan fingerprint density at radius 3 is 2.54 bits per heavy atom. The van der Waals surface area contributed by atoms with Crippen LogP contribution >= 0.6 is 22.9 Å². The van der Waals surface area contributed by atoms with Crippen LogP contribution in [0.4, 0.5) is 11.4 Å². The van der Waals surface area contributed by atoms with Crippen LogP contribution in [0.15, 0.2) is 53.9 Å². The number of carbonyl (C=O) groups excluding carboxylic acids is 1. The number of carbonyl (C=O) groups is 1. The van der Waals surface area contributed by atoms with E-state index in [1.807, 2.05) is 66.6 Å². The molecule has 2 aromatic carbocycles. The van der Waals surface area contributed by atoms with Gasteiger partial charge in [-0.05, 0) is 66.8 Å². The fraction of sp³-hybridized carbons (Fsp3) is 0.227. The lowest BCUT2D eigenvalue weighted by molar-refractivity contribution is -0.115. The Morgan fingerprint density at radius 1 is 1.18 bits per heavy atom. The van der Waals surface area contributed by atoms with E-state index in [4.69, 9.17) is 16.3 Å². The molecule has 0 atom stereocenters. The number of methoxy groups -OCH3 is 1. The Kier molecular flexibility index (Phi) is 6.60. The Labute approximate surface area is 174 Å². The Balaban J connectivity index is 1.79. The van der Waals surface area contributed by atoms with Crippen LogP contribution in [-0.4, -0.2) is 19.6 Å². The van der Waals surface area contributed by atoms with Crippen LogP contribution in [0.3, 0.4) is 0 Å². The fourth-order valence-electron chi connectivity index (χ4n) is 3.05. The van der Waals surface area contributed by atoms with Crippen LogP contribution < -0.4 is 15.0 Å². The molecular weight excluding hydrogens is 392 g/mol. The number of anilines is 2. The molecule has 28 heavy (non-hydrogen) atoms. The second-order valence-corrected chi connectivity index (χ2v) is 8.06. The van der Waals surface area contributed by atoms with Gasteiger partial charge in [-0.3, -0.25) is 4.79 Å². The number of amides is 1. The van der Waals surface area contributed by atoms with Gasteiger partial charge in [0.2, 0.25) is 5.91 Å². The predicted molar refractivity (Wildman–Crippen MR) is 118 cm³/mol. The van der Waals surface area contributed by atoms with Gasteiger partial charge in [-0.1, -0.05) is 23.7 Å². The van der Waals surface area contributed by atoms with Crippen LogP contribution in [0.5, 0.6) is 5.75 Å². The quantitative estimate of drug-likeness (QED) is 0.541. The molecule has 0 spiro atoms. The lowest BCUT2D eigenvalue weighted by Crippen LogP contribution is -2.33. The van der Waals surface area contributed by atoms with Crippen molar-refractivity contribution in [3.8, 4) is 5.75 Å². The summed E-state index contributed by atoms with van der Waals surface area (Å²) in [6.07, 6.45) is 0. The van der Waals surface area contributed by atoms with E-state index >= 15 is 0 Å². The molecular formula is C22H23ClN2O2S. The predicted octanol–water partition coefficient (Wildman–Crippen LogP) is 5.67. The molecule has 146 valence electrons. The van der Waals surface area contributed by atoms with Gasteiger partial charge in [0, 0.05) is 10.6 Å². The van der Waals surface area contributed by atoms with Crippen LogP contribution in [-0.2, 0) is 11.3 Å². The van der Waals surface area contributed by atoms with Gasteiger partial charge in [-0.15, -0.1) is 11.3 Å². The molecule has 0 aliphatic heterocycles. The number of halogens is 1. The normalized spacial score (nSPS) is 10.6. The molecule has 0 radical (unpaired) electrons. The maximum absolute atomic E-state index is 12.8. The first-order valence-corrected chi connectivity index (χ1v) is 10.2. The number of nitrogens with one attached hydrogen (secondary N) is 1. The Hall–Kier alpha value is -2.50. The van der Waals surface area contributed by atoms with Crippen molar-refractivity contribution in [3.63, 3.8) is 0 Å². The number of ether oxygens (including phenoxy) is 1. The Morgan fingerprint density at radius 2 is 1.93 bits per heavy atom. The zero-order valence-electron chi connectivity index (χ0n) is 16.2. The third-order valence-electron chi connectivity index (χ3n) is 4.39. The summed E-state index contributed by atoms with van der Waals surface area (Å²) >= 11 is 8.01. The van der Waals surface area contributed by atoms with E-state index in [1.54, 1.807) is 18.4 Å². The molecule has 3 aromatic rings. The molecule has 0 bridgehead atoms. The van der Waals surface area contributed by atoms with E-state index in [2.05, 4.69) is 11.4 Å². The monoisotopic (exact) mass is 414 g/mol. The van der Waals surface area contributed by atoms with Gasteiger partial charge in [0.25, 0.3) is 0 Å². The van der Waals surface area contributed by atoms with Gasteiger partial charge in [-0.25, -0.2) is 0 Å². The number of thiophene rings is 1. The summed E-state index contributed by atoms with van der Waals surface area (Å²) in [5.74, 6) is 0.674. The molecule has 0 saturated carbocycles. The van der Waals surface area contributed by atoms with E-state index in [9.17, 15) is 4.79 Å². The molecule has 4 nitrogen and oxygen atoms in total. The lowest BCUT2D eigenvalue weighted by atomic mass is 10.1.